The number of nitrogens with one attached hydrogen (secondary N) is 1. The normalized spacial score (nSPS) is 11.9. The van der Waals surface area contributed by atoms with Gasteiger partial charge >= 0.3 is 18.9 Å². The summed E-state index contributed by atoms with van der Waals surface area (Å²) in [5.74, 6) is 1.52. The first kappa shape index (κ1) is 39.8. The Morgan fingerprint density at radius 3 is 1.36 bits per heavy atom. The summed E-state index contributed by atoms with van der Waals surface area (Å²) in [7, 11) is 0. The molecule has 0 heterocycles. The van der Waals surface area contributed by atoms with Crippen molar-refractivity contribution in [2.24, 2.45) is 0 Å². The smallest absolute Gasteiger partial charge is 0.657 e. The van der Waals surface area contributed by atoms with Gasteiger partial charge < -0.3 is 10.1 Å². The van der Waals surface area contributed by atoms with E-state index in [4.69, 9.17) is 10.1 Å². The van der Waals surface area contributed by atoms with Gasteiger partial charge in [0.05, 0.1) is 0 Å². The number of para-hydroxylation sites is 2. The molecule has 0 aromatic heterocycles. The molecule has 4 aromatic carbocycles. The van der Waals surface area contributed by atoms with Crippen LogP contribution in [0, 0.1) is 0 Å². The average Bonchev–Trinajstić information content (AvgIpc) is 3.05. The van der Waals surface area contributed by atoms with Crippen LogP contribution in [0.4, 0.5) is 11.4 Å². The number of benzene rings is 4. The van der Waals surface area contributed by atoms with Gasteiger partial charge in [-0.3, -0.25) is 0 Å². The van der Waals surface area contributed by atoms with E-state index in [2.05, 4.69) is 164 Å². The van der Waals surface area contributed by atoms with Gasteiger partial charge in [-0.05, 0) is 61.3 Å². The molecule has 0 aliphatic carbocycles. The van der Waals surface area contributed by atoms with E-state index in [1.54, 1.807) is 0 Å². The third-order valence-corrected chi connectivity index (χ3v) is 8.05. The van der Waals surface area contributed by atoms with E-state index in [9.17, 15) is 0 Å². The van der Waals surface area contributed by atoms with Crippen LogP contribution in [0.1, 0.15) is 126 Å². The van der Waals surface area contributed by atoms with Crippen LogP contribution in [-0.4, -0.2) is 18.9 Å². The van der Waals surface area contributed by atoms with Crippen molar-refractivity contribution in [2.75, 3.05) is 13.2 Å². The zero-order valence-electron chi connectivity index (χ0n) is 30.9. The summed E-state index contributed by atoms with van der Waals surface area (Å²) in [6.07, 6.45) is 2.24. The minimum atomic E-state index is 0. The Bertz CT molecular complexity index is 1500. The van der Waals surface area contributed by atoms with Gasteiger partial charge in [-0.15, -0.1) is 11.4 Å². The van der Waals surface area contributed by atoms with E-state index in [1.165, 1.54) is 27.9 Å². The number of nitrogens with zero attached hydrogens (tertiary/aromatic N) is 1. The molecule has 4 rings (SSSR count). The van der Waals surface area contributed by atoms with E-state index in [-0.39, 0.29) is 18.9 Å². The maximum Gasteiger partial charge on any atom is 1.00 e. The fourth-order valence-electron chi connectivity index (χ4n) is 5.53. The predicted molar refractivity (Wildman–Crippen MR) is 200 cm³/mol. The Labute approximate surface area is 298 Å². The van der Waals surface area contributed by atoms with Crippen molar-refractivity contribution in [3.8, 4) is 0 Å². The van der Waals surface area contributed by atoms with Crippen molar-refractivity contribution in [2.45, 2.75) is 92.9 Å². The summed E-state index contributed by atoms with van der Waals surface area (Å²) in [5, 5.41) is 5.49. The minimum absolute atomic E-state index is 0. The molecule has 47 heavy (non-hydrogen) atoms. The van der Waals surface area contributed by atoms with E-state index in [0.717, 1.165) is 41.4 Å². The molecule has 0 unspecified atom stereocenters. The van der Waals surface area contributed by atoms with Gasteiger partial charge in [0.2, 0.25) is 11.4 Å². The number of allylic oxidation sites excluding steroid dienone is 1. The van der Waals surface area contributed by atoms with Gasteiger partial charge in [0.1, 0.15) is 0 Å². The molecule has 0 fully saturated rings. The van der Waals surface area contributed by atoms with Crippen LogP contribution in [-0.2, 0) is 4.74 Å². The van der Waals surface area contributed by atoms with Crippen LogP contribution < -0.4 is 23.9 Å². The van der Waals surface area contributed by atoms with Crippen LogP contribution >= 0.6 is 0 Å². The Morgan fingerprint density at radius 1 is 0.574 bits per heavy atom. The number of hydrogen-bond acceptors (Lipinski definition) is 1. The second kappa shape index (κ2) is 20.1. The second-order valence-corrected chi connectivity index (χ2v) is 12.9. The zero-order chi connectivity index (χ0) is 33.6. The van der Waals surface area contributed by atoms with Crippen molar-refractivity contribution in [3.63, 3.8) is 0 Å². The molecular weight excluding hydrogens is 567 g/mol. The monoisotopic (exact) mass is 623 g/mol. The topological polar surface area (TPSA) is 37.3 Å². The fourth-order valence-corrected chi connectivity index (χ4v) is 5.53. The van der Waals surface area contributed by atoms with E-state index in [1.807, 2.05) is 13.8 Å². The van der Waals surface area contributed by atoms with Gasteiger partial charge in [0, 0.05) is 29.9 Å². The SMILES string of the molecule is CC(C)c1cccc(C(C)C)c1[N-]/C(=C\C(=[NH+]c1c(C(C)C)cccc1C(C)C)c1ccccc1)c1ccccc1.CCOCC.[Li+]. The molecule has 0 atom stereocenters. The molecule has 0 aliphatic heterocycles. The number of rotatable bonds is 12. The zero-order valence-corrected chi connectivity index (χ0v) is 30.9. The maximum absolute atomic E-state index is 5.49. The summed E-state index contributed by atoms with van der Waals surface area (Å²) >= 11 is 0. The summed E-state index contributed by atoms with van der Waals surface area (Å²) in [6, 6.07) is 34.5. The summed E-state index contributed by atoms with van der Waals surface area (Å²) < 4.78 is 4.83. The fraction of sp³-hybridized carbons (Fsp3) is 0.372. The minimum Gasteiger partial charge on any atom is -0.657 e. The quantitative estimate of drug-likeness (QED) is 0.125. The first-order chi connectivity index (χ1) is 22.1. The molecular formula is C43H56LiN2O+. The van der Waals surface area contributed by atoms with Gasteiger partial charge in [-0.25, -0.2) is 4.99 Å². The van der Waals surface area contributed by atoms with Gasteiger partial charge in [0.15, 0.2) is 0 Å². The van der Waals surface area contributed by atoms with Crippen molar-refractivity contribution in [3.05, 3.63) is 142 Å². The molecule has 0 saturated carbocycles. The van der Waals surface area contributed by atoms with Crippen LogP contribution in [0.15, 0.2) is 103 Å². The van der Waals surface area contributed by atoms with Crippen molar-refractivity contribution < 1.29 is 28.6 Å². The number of hydrogen-bond donors (Lipinski definition) is 1. The first-order valence-corrected chi connectivity index (χ1v) is 17.1. The van der Waals surface area contributed by atoms with Gasteiger partial charge in [0.25, 0.3) is 0 Å². The molecule has 4 heteroatoms. The van der Waals surface area contributed by atoms with Gasteiger partial charge in [-0.2, -0.15) is 0 Å². The van der Waals surface area contributed by atoms with Crippen molar-refractivity contribution >= 4 is 22.8 Å². The molecule has 244 valence electrons. The summed E-state index contributed by atoms with van der Waals surface area (Å²) in [4.78, 5) is 3.94. The van der Waals surface area contributed by atoms with E-state index >= 15 is 0 Å². The second-order valence-electron chi connectivity index (χ2n) is 12.9. The summed E-state index contributed by atoms with van der Waals surface area (Å²) in [5.41, 5.74) is 11.7. The van der Waals surface area contributed by atoms with Crippen molar-refractivity contribution in [1.82, 2.24) is 0 Å². The molecule has 3 nitrogen and oxygen atoms in total. The van der Waals surface area contributed by atoms with Crippen LogP contribution in [0.2, 0.25) is 0 Å². The average molecular weight is 624 g/mol. The molecule has 0 aliphatic rings. The standard InChI is InChI=1S/C39H45N2.C4H10O.Li/c1-26(2)32-21-15-22-33(27(3)4)38(32)40-36(30-17-11-9-12-18-30)25-37(31-19-13-10-14-20-31)41-39-34(28(5)6)23-16-24-35(39)29(7)8;1-3-5-4-2;/h9-29H,1-8H3;3-4H2,1-2H3;/q-1;;+1/p+1/b36-25-,41-37?;;. The Hall–Kier alpha value is -3.35. The van der Waals surface area contributed by atoms with Crippen molar-refractivity contribution in [1.29, 1.82) is 0 Å². The van der Waals surface area contributed by atoms with E-state index in [0.29, 0.717) is 23.7 Å². The third kappa shape index (κ3) is 11.4. The summed E-state index contributed by atoms with van der Waals surface area (Å²) in [6.45, 7) is 23.8. The van der Waals surface area contributed by atoms with Crippen LogP contribution in [0.25, 0.3) is 11.0 Å². The molecule has 0 radical (unpaired) electrons. The van der Waals surface area contributed by atoms with E-state index < -0.39 is 0 Å². The molecule has 0 saturated heterocycles. The van der Waals surface area contributed by atoms with Gasteiger partial charge in [-0.1, -0.05) is 151 Å². The Kier molecular flexibility index (Phi) is 17.0. The molecule has 4 aromatic rings. The predicted octanol–water partition coefficient (Wildman–Crippen LogP) is 8.17. The molecule has 0 bridgehead atoms. The molecule has 0 spiro atoms. The third-order valence-electron chi connectivity index (χ3n) is 8.05. The largest absolute Gasteiger partial charge is 1.00 e. The Balaban J connectivity index is 0.00000119. The van der Waals surface area contributed by atoms with Crippen LogP contribution in [0.3, 0.4) is 0 Å². The number of ether oxygens (including phenoxy) is 1. The first-order valence-electron chi connectivity index (χ1n) is 17.1. The maximum atomic E-state index is 5.49. The Morgan fingerprint density at radius 2 is 0.979 bits per heavy atom. The molecule has 1 N–H and O–H groups in total. The van der Waals surface area contributed by atoms with Crippen LogP contribution in [0.5, 0.6) is 0 Å². The molecule has 0 amide bonds.